The van der Waals surface area contributed by atoms with Crippen molar-refractivity contribution in [2.24, 2.45) is 0 Å². The van der Waals surface area contributed by atoms with Crippen LogP contribution in [0, 0.1) is 0 Å². The summed E-state index contributed by atoms with van der Waals surface area (Å²) in [6.45, 7) is 13.4. The van der Waals surface area contributed by atoms with Gasteiger partial charge in [0.2, 0.25) is 0 Å². The summed E-state index contributed by atoms with van der Waals surface area (Å²) >= 11 is 0. The molecule has 12 heteroatoms. The standard InChI is InChI=1S/C39H74O12/c1-3-5-6-7-8-9-10-11-12-13-14-15-16-17-18-19-39(41)51-37-35-49-33-31-47-29-27-45-25-23-43-21-20-42-22-24-44-26-28-46-30-32-48-34-36-50-38(40)4-2/h4H,2-3,5-37H2,1H3. The van der Waals surface area contributed by atoms with Crippen LogP contribution in [0.3, 0.4) is 0 Å². The quantitative estimate of drug-likeness (QED) is 0.0378. The van der Waals surface area contributed by atoms with Crippen LogP contribution in [0.2, 0.25) is 0 Å². The lowest BCUT2D eigenvalue weighted by atomic mass is 10.0. The van der Waals surface area contributed by atoms with Gasteiger partial charge in [-0.2, -0.15) is 0 Å². The predicted molar refractivity (Wildman–Crippen MR) is 198 cm³/mol. The van der Waals surface area contributed by atoms with Gasteiger partial charge in [-0.05, 0) is 6.42 Å². The van der Waals surface area contributed by atoms with E-state index in [1.165, 1.54) is 83.5 Å². The van der Waals surface area contributed by atoms with E-state index in [9.17, 15) is 9.59 Å². The van der Waals surface area contributed by atoms with Gasteiger partial charge in [-0.1, -0.05) is 103 Å². The second kappa shape index (κ2) is 44.5. The maximum absolute atomic E-state index is 11.9. The van der Waals surface area contributed by atoms with Crippen molar-refractivity contribution >= 4 is 11.9 Å². The SMILES string of the molecule is C=CC(=O)OCCOCCOCCOCCOCCOCCOCCOCCOCCOC(=O)CCCCCCCCCCCCCCCCC. The summed E-state index contributed by atoms with van der Waals surface area (Å²) in [7, 11) is 0. The minimum Gasteiger partial charge on any atom is -0.463 e. The highest BCUT2D eigenvalue weighted by Crippen LogP contribution is 2.13. The summed E-state index contributed by atoms with van der Waals surface area (Å²) in [6, 6.07) is 0. The number of unbranched alkanes of at least 4 members (excludes halogenated alkanes) is 14. The molecule has 0 aliphatic heterocycles. The van der Waals surface area contributed by atoms with Gasteiger partial charge < -0.3 is 47.4 Å². The van der Waals surface area contributed by atoms with Gasteiger partial charge in [0.15, 0.2) is 0 Å². The van der Waals surface area contributed by atoms with E-state index in [4.69, 9.17) is 47.4 Å². The zero-order valence-electron chi connectivity index (χ0n) is 32.2. The Morgan fingerprint density at radius 2 is 0.627 bits per heavy atom. The zero-order valence-corrected chi connectivity index (χ0v) is 32.2. The van der Waals surface area contributed by atoms with E-state index in [0.717, 1.165) is 18.9 Å². The molecule has 51 heavy (non-hydrogen) atoms. The first-order chi connectivity index (χ1) is 25.2. The highest BCUT2D eigenvalue weighted by atomic mass is 16.6. The van der Waals surface area contributed by atoms with Crippen molar-refractivity contribution in [1.29, 1.82) is 0 Å². The largest absolute Gasteiger partial charge is 0.463 e. The van der Waals surface area contributed by atoms with Crippen molar-refractivity contribution in [2.75, 3.05) is 119 Å². The van der Waals surface area contributed by atoms with Crippen molar-refractivity contribution in [1.82, 2.24) is 0 Å². The third kappa shape index (κ3) is 44.4. The fourth-order valence-corrected chi connectivity index (χ4v) is 4.83. The Morgan fingerprint density at radius 3 is 0.922 bits per heavy atom. The molecule has 0 aliphatic carbocycles. The summed E-state index contributed by atoms with van der Waals surface area (Å²) in [5.74, 6) is -0.593. The van der Waals surface area contributed by atoms with Crippen molar-refractivity contribution in [3.05, 3.63) is 12.7 Å². The van der Waals surface area contributed by atoms with E-state index < -0.39 is 5.97 Å². The van der Waals surface area contributed by atoms with Gasteiger partial charge in [-0.25, -0.2) is 4.79 Å². The van der Waals surface area contributed by atoms with Gasteiger partial charge in [0, 0.05) is 12.5 Å². The van der Waals surface area contributed by atoms with Gasteiger partial charge in [0.25, 0.3) is 0 Å². The van der Waals surface area contributed by atoms with Crippen LogP contribution >= 0.6 is 0 Å². The minimum absolute atomic E-state index is 0.134. The number of rotatable bonds is 44. The molecule has 0 saturated carbocycles. The Bertz CT molecular complexity index is 724. The number of carbonyl (C=O) groups is 2. The fraction of sp³-hybridized carbons (Fsp3) is 0.897. The fourth-order valence-electron chi connectivity index (χ4n) is 4.83. The van der Waals surface area contributed by atoms with E-state index in [0.29, 0.717) is 112 Å². The molecule has 0 aromatic carbocycles. The summed E-state index contributed by atoms with van der Waals surface area (Å²) < 4.78 is 53.5. The van der Waals surface area contributed by atoms with Gasteiger partial charge in [-0.15, -0.1) is 0 Å². The smallest absolute Gasteiger partial charge is 0.330 e. The molecule has 12 nitrogen and oxygen atoms in total. The lowest BCUT2D eigenvalue weighted by Crippen LogP contribution is -2.15. The minimum atomic E-state index is -0.459. The van der Waals surface area contributed by atoms with Crippen LogP contribution in [-0.2, 0) is 57.0 Å². The van der Waals surface area contributed by atoms with Crippen molar-refractivity contribution in [2.45, 2.75) is 110 Å². The van der Waals surface area contributed by atoms with Crippen LogP contribution < -0.4 is 0 Å². The van der Waals surface area contributed by atoms with Crippen LogP contribution in [0.1, 0.15) is 110 Å². The first-order valence-corrected chi connectivity index (χ1v) is 19.8. The van der Waals surface area contributed by atoms with Gasteiger partial charge >= 0.3 is 11.9 Å². The summed E-state index contributed by atoms with van der Waals surface area (Å²) in [5, 5.41) is 0. The Morgan fingerprint density at radius 1 is 0.373 bits per heavy atom. The average molecular weight is 735 g/mol. The molecule has 0 N–H and O–H groups in total. The highest BCUT2D eigenvalue weighted by Gasteiger charge is 2.03. The molecule has 0 rings (SSSR count). The van der Waals surface area contributed by atoms with Gasteiger partial charge in [-0.3, -0.25) is 4.79 Å². The lowest BCUT2D eigenvalue weighted by molar-refractivity contribution is -0.145. The third-order valence-corrected chi connectivity index (χ3v) is 7.72. The maximum atomic E-state index is 11.9. The number of carbonyl (C=O) groups excluding carboxylic acids is 2. The molecule has 0 aromatic heterocycles. The second-order valence-electron chi connectivity index (χ2n) is 12.2. The van der Waals surface area contributed by atoms with Crippen molar-refractivity contribution < 1.29 is 57.0 Å². The predicted octanol–water partition coefficient (Wildman–Crippen LogP) is 6.65. The van der Waals surface area contributed by atoms with Crippen LogP contribution in [0.25, 0.3) is 0 Å². The first kappa shape index (κ1) is 49.4. The molecule has 0 unspecified atom stereocenters. The van der Waals surface area contributed by atoms with E-state index in [1.807, 2.05) is 0 Å². The second-order valence-corrected chi connectivity index (χ2v) is 12.2. The monoisotopic (exact) mass is 735 g/mol. The number of ether oxygens (including phenoxy) is 10. The van der Waals surface area contributed by atoms with Crippen LogP contribution in [0.15, 0.2) is 12.7 Å². The first-order valence-electron chi connectivity index (χ1n) is 19.8. The topological polar surface area (TPSA) is 126 Å². The lowest BCUT2D eigenvalue weighted by Gasteiger charge is -2.09. The Kier molecular flexibility index (Phi) is 43.1. The number of hydrogen-bond acceptors (Lipinski definition) is 12. The van der Waals surface area contributed by atoms with Crippen molar-refractivity contribution in [3.63, 3.8) is 0 Å². The normalized spacial score (nSPS) is 11.2. The molecule has 0 bridgehead atoms. The summed E-state index contributed by atoms with van der Waals surface area (Å²) in [5.41, 5.74) is 0. The molecule has 0 aromatic rings. The Balaban J connectivity index is 3.14. The third-order valence-electron chi connectivity index (χ3n) is 7.72. The molecule has 302 valence electrons. The van der Waals surface area contributed by atoms with Crippen LogP contribution in [0.5, 0.6) is 0 Å². The molecule has 0 amide bonds. The number of esters is 2. The van der Waals surface area contributed by atoms with E-state index >= 15 is 0 Å². The Labute approximate surface area is 309 Å². The average Bonchev–Trinajstić information content (AvgIpc) is 3.14. The molecular formula is C39H74O12. The van der Waals surface area contributed by atoms with E-state index in [2.05, 4.69) is 13.5 Å². The van der Waals surface area contributed by atoms with Crippen molar-refractivity contribution in [3.8, 4) is 0 Å². The van der Waals surface area contributed by atoms with Crippen LogP contribution in [0.4, 0.5) is 0 Å². The summed E-state index contributed by atoms with van der Waals surface area (Å²) in [4.78, 5) is 22.7. The highest BCUT2D eigenvalue weighted by molar-refractivity contribution is 5.81. The summed E-state index contributed by atoms with van der Waals surface area (Å²) in [6.07, 6.45) is 21.3. The Hall–Kier alpha value is -1.64. The molecular weight excluding hydrogens is 660 g/mol. The molecule has 0 spiro atoms. The van der Waals surface area contributed by atoms with E-state index in [1.54, 1.807) is 0 Å². The molecule has 0 aliphatic rings. The molecule has 0 radical (unpaired) electrons. The molecule has 0 atom stereocenters. The molecule has 0 fully saturated rings. The zero-order chi connectivity index (χ0) is 37.0. The molecule has 0 heterocycles. The molecule has 0 saturated heterocycles. The van der Waals surface area contributed by atoms with Gasteiger partial charge in [0.1, 0.15) is 13.2 Å². The van der Waals surface area contributed by atoms with Crippen LogP contribution in [-0.4, -0.2) is 131 Å². The maximum Gasteiger partial charge on any atom is 0.330 e. The number of hydrogen-bond donors (Lipinski definition) is 0. The van der Waals surface area contributed by atoms with Gasteiger partial charge in [0.05, 0.1) is 106 Å². The van der Waals surface area contributed by atoms with E-state index in [-0.39, 0.29) is 19.2 Å².